The van der Waals surface area contributed by atoms with Crippen LogP contribution in [0.25, 0.3) is 11.5 Å². The van der Waals surface area contributed by atoms with Crippen LogP contribution in [0.1, 0.15) is 11.1 Å². The van der Waals surface area contributed by atoms with E-state index in [1.165, 1.54) is 17.0 Å². The van der Waals surface area contributed by atoms with Gasteiger partial charge in [-0.25, -0.2) is 13.8 Å². The number of hydrogen-bond donors (Lipinski definition) is 1. The summed E-state index contributed by atoms with van der Waals surface area (Å²) in [5, 5.41) is 2.99. The van der Waals surface area contributed by atoms with E-state index in [1.54, 1.807) is 6.07 Å². The van der Waals surface area contributed by atoms with Gasteiger partial charge in [0.1, 0.15) is 17.9 Å². The standard InChI is InChI=1S/C21H15F3N4O2/c1-12-2-3-14(20-25-4-5-30-20)8-18(12)26-21-27-19(29)17(24)11-28(21)10-13-6-15(22)9-16(23)7-13/h2-9,11H,10H2,1H3,(H,26,27,29). The summed E-state index contributed by atoms with van der Waals surface area (Å²) < 4.78 is 47.5. The fourth-order valence-electron chi connectivity index (χ4n) is 2.96. The molecular weight excluding hydrogens is 397 g/mol. The highest BCUT2D eigenvalue weighted by Gasteiger charge is 2.13. The van der Waals surface area contributed by atoms with Crippen LogP contribution in [0, 0.1) is 24.4 Å². The summed E-state index contributed by atoms with van der Waals surface area (Å²) >= 11 is 0. The summed E-state index contributed by atoms with van der Waals surface area (Å²) in [7, 11) is 0. The molecule has 0 bridgehead atoms. The lowest BCUT2D eigenvalue weighted by molar-refractivity contribution is 0.568. The zero-order chi connectivity index (χ0) is 21.3. The second-order valence-electron chi connectivity index (χ2n) is 6.62. The molecule has 0 amide bonds. The number of anilines is 2. The van der Waals surface area contributed by atoms with Gasteiger partial charge in [-0.1, -0.05) is 6.07 Å². The monoisotopic (exact) mass is 412 g/mol. The zero-order valence-electron chi connectivity index (χ0n) is 15.7. The molecule has 6 nitrogen and oxygen atoms in total. The van der Waals surface area contributed by atoms with Crippen molar-refractivity contribution in [3.05, 3.63) is 94.0 Å². The first-order valence-electron chi connectivity index (χ1n) is 8.88. The fraction of sp³-hybridized carbons (Fsp3) is 0.0952. The molecule has 0 fully saturated rings. The third kappa shape index (κ3) is 4.09. The van der Waals surface area contributed by atoms with Gasteiger partial charge in [0.15, 0.2) is 0 Å². The van der Waals surface area contributed by atoms with E-state index in [2.05, 4.69) is 15.3 Å². The van der Waals surface area contributed by atoms with Crippen LogP contribution < -0.4 is 10.9 Å². The molecule has 0 aliphatic heterocycles. The highest BCUT2D eigenvalue weighted by molar-refractivity contribution is 5.67. The van der Waals surface area contributed by atoms with Gasteiger partial charge < -0.3 is 14.3 Å². The van der Waals surface area contributed by atoms with E-state index in [4.69, 9.17) is 4.42 Å². The maximum Gasteiger partial charge on any atom is 0.310 e. The first-order chi connectivity index (χ1) is 14.4. The number of oxazole rings is 1. The molecular formula is C21H15F3N4O2. The van der Waals surface area contributed by atoms with Crippen LogP contribution in [-0.2, 0) is 6.54 Å². The summed E-state index contributed by atoms with van der Waals surface area (Å²) in [5.74, 6) is -2.19. The number of nitrogens with zero attached hydrogens (tertiary/aromatic N) is 3. The molecule has 30 heavy (non-hydrogen) atoms. The van der Waals surface area contributed by atoms with Crippen molar-refractivity contribution in [1.29, 1.82) is 0 Å². The molecule has 2 heterocycles. The quantitative estimate of drug-likeness (QED) is 0.526. The van der Waals surface area contributed by atoms with Crippen LogP contribution in [0.2, 0.25) is 0 Å². The van der Waals surface area contributed by atoms with Gasteiger partial charge in [-0.2, -0.15) is 9.37 Å². The Labute approximate surface area is 168 Å². The molecule has 1 N–H and O–H groups in total. The van der Waals surface area contributed by atoms with E-state index in [1.807, 2.05) is 19.1 Å². The van der Waals surface area contributed by atoms with Gasteiger partial charge in [0, 0.05) is 23.5 Å². The smallest absolute Gasteiger partial charge is 0.310 e. The normalized spacial score (nSPS) is 10.9. The molecule has 4 aromatic rings. The lowest BCUT2D eigenvalue weighted by Crippen LogP contribution is -2.20. The second-order valence-corrected chi connectivity index (χ2v) is 6.62. The third-order valence-electron chi connectivity index (χ3n) is 4.39. The Morgan fingerprint density at radius 1 is 1.10 bits per heavy atom. The molecule has 0 unspecified atom stereocenters. The van der Waals surface area contributed by atoms with Gasteiger partial charge in [-0.3, -0.25) is 4.79 Å². The third-order valence-corrected chi connectivity index (χ3v) is 4.39. The molecule has 9 heteroatoms. The van der Waals surface area contributed by atoms with E-state index < -0.39 is 23.0 Å². The summed E-state index contributed by atoms with van der Waals surface area (Å²) in [6.07, 6.45) is 3.90. The molecule has 0 atom stereocenters. The largest absolute Gasteiger partial charge is 0.445 e. The van der Waals surface area contributed by atoms with Crippen molar-refractivity contribution < 1.29 is 17.6 Å². The topological polar surface area (TPSA) is 73.0 Å². The molecule has 0 spiro atoms. The Morgan fingerprint density at radius 3 is 2.57 bits per heavy atom. The van der Waals surface area contributed by atoms with E-state index in [0.717, 1.165) is 30.0 Å². The number of hydrogen-bond acceptors (Lipinski definition) is 5. The van der Waals surface area contributed by atoms with Crippen LogP contribution in [0.3, 0.4) is 0 Å². The SMILES string of the molecule is Cc1ccc(-c2ncco2)cc1Nc1nc(=O)c(F)cn1Cc1cc(F)cc(F)c1. The zero-order valence-corrected chi connectivity index (χ0v) is 15.7. The number of aryl methyl sites for hydroxylation is 1. The number of benzene rings is 2. The molecule has 4 rings (SSSR count). The van der Waals surface area contributed by atoms with E-state index in [9.17, 15) is 18.0 Å². The highest BCUT2D eigenvalue weighted by atomic mass is 19.1. The van der Waals surface area contributed by atoms with Crippen LogP contribution >= 0.6 is 0 Å². The van der Waals surface area contributed by atoms with Gasteiger partial charge in [0.2, 0.25) is 17.7 Å². The minimum atomic E-state index is -1.08. The van der Waals surface area contributed by atoms with E-state index in [0.29, 0.717) is 17.1 Å². The Kier molecular flexibility index (Phi) is 5.09. The second kappa shape index (κ2) is 7.86. The molecule has 2 aromatic heterocycles. The van der Waals surface area contributed by atoms with E-state index >= 15 is 0 Å². The van der Waals surface area contributed by atoms with Crippen molar-refractivity contribution >= 4 is 11.6 Å². The molecule has 0 saturated heterocycles. The van der Waals surface area contributed by atoms with Crippen molar-refractivity contribution in [2.24, 2.45) is 0 Å². The summed E-state index contributed by atoms with van der Waals surface area (Å²) in [6.45, 7) is 1.72. The summed E-state index contributed by atoms with van der Waals surface area (Å²) in [5.41, 5.74) is 1.25. The average molecular weight is 412 g/mol. The van der Waals surface area contributed by atoms with Crippen molar-refractivity contribution in [1.82, 2.24) is 14.5 Å². The fourth-order valence-corrected chi connectivity index (χ4v) is 2.96. The molecule has 0 aliphatic rings. The van der Waals surface area contributed by atoms with E-state index in [-0.39, 0.29) is 18.1 Å². The summed E-state index contributed by atoms with van der Waals surface area (Å²) in [6, 6.07) is 8.35. The van der Waals surface area contributed by atoms with Gasteiger partial charge in [-0.15, -0.1) is 0 Å². The Bertz CT molecular complexity index is 1250. The molecule has 2 aromatic carbocycles. The highest BCUT2D eigenvalue weighted by Crippen LogP contribution is 2.26. The number of rotatable bonds is 5. The predicted molar refractivity (Wildman–Crippen MR) is 104 cm³/mol. The predicted octanol–water partition coefficient (Wildman–Crippen LogP) is 4.42. The Morgan fingerprint density at radius 2 is 1.87 bits per heavy atom. The van der Waals surface area contributed by atoms with Crippen LogP contribution in [0.4, 0.5) is 24.8 Å². The van der Waals surface area contributed by atoms with Crippen LogP contribution in [0.15, 0.2) is 64.3 Å². The number of halogens is 3. The van der Waals surface area contributed by atoms with Crippen LogP contribution in [-0.4, -0.2) is 14.5 Å². The Hall–Kier alpha value is -3.88. The van der Waals surface area contributed by atoms with Gasteiger partial charge in [0.05, 0.1) is 12.7 Å². The minimum Gasteiger partial charge on any atom is -0.445 e. The molecule has 0 saturated carbocycles. The average Bonchev–Trinajstić information content (AvgIpc) is 3.21. The molecule has 152 valence electrons. The lowest BCUT2D eigenvalue weighted by atomic mass is 10.1. The number of nitrogens with one attached hydrogen (secondary N) is 1. The number of aromatic nitrogens is 3. The Balaban J connectivity index is 1.73. The first kappa shape index (κ1) is 19.4. The summed E-state index contributed by atoms with van der Waals surface area (Å²) in [4.78, 5) is 19.6. The van der Waals surface area contributed by atoms with Crippen molar-refractivity contribution in [2.75, 3.05) is 5.32 Å². The minimum absolute atomic E-state index is 0.0127. The van der Waals surface area contributed by atoms with Gasteiger partial charge in [-0.05, 0) is 42.3 Å². The van der Waals surface area contributed by atoms with Crippen molar-refractivity contribution in [3.63, 3.8) is 0 Å². The van der Waals surface area contributed by atoms with Crippen LogP contribution in [0.5, 0.6) is 0 Å². The maximum absolute atomic E-state index is 13.9. The van der Waals surface area contributed by atoms with Gasteiger partial charge in [0.25, 0.3) is 0 Å². The first-order valence-corrected chi connectivity index (χ1v) is 8.88. The van der Waals surface area contributed by atoms with Crippen molar-refractivity contribution in [3.8, 4) is 11.5 Å². The van der Waals surface area contributed by atoms with Gasteiger partial charge >= 0.3 is 5.56 Å². The molecule has 0 aliphatic carbocycles. The van der Waals surface area contributed by atoms with Crippen molar-refractivity contribution in [2.45, 2.75) is 13.5 Å². The lowest BCUT2D eigenvalue weighted by Gasteiger charge is -2.16. The maximum atomic E-state index is 13.9. The molecule has 0 radical (unpaired) electrons.